The van der Waals surface area contributed by atoms with Crippen molar-refractivity contribution in [2.75, 3.05) is 12.8 Å². The van der Waals surface area contributed by atoms with Gasteiger partial charge < -0.3 is 10.5 Å². The van der Waals surface area contributed by atoms with Crippen molar-refractivity contribution in [3.8, 4) is 17.0 Å². The number of hydrogen-bond acceptors (Lipinski definition) is 4. The molecule has 1 aromatic heterocycles. The zero-order valence-electron chi connectivity index (χ0n) is 8.95. The molecule has 6 heteroatoms. The smallest absolute Gasteiger partial charge is 0.158 e. The Morgan fingerprint density at radius 1 is 1.24 bits per heavy atom. The van der Waals surface area contributed by atoms with Gasteiger partial charge in [-0.2, -0.15) is 0 Å². The van der Waals surface area contributed by atoms with Crippen molar-refractivity contribution < 1.29 is 4.74 Å². The predicted molar refractivity (Wildman–Crippen MR) is 71.1 cm³/mol. The number of methoxy groups -OCH3 is 1. The quantitative estimate of drug-likeness (QED) is 0.925. The van der Waals surface area contributed by atoms with Crippen LogP contribution in [0, 0.1) is 0 Å². The van der Waals surface area contributed by atoms with Crippen LogP contribution in [0.4, 0.5) is 5.82 Å². The number of anilines is 1. The van der Waals surface area contributed by atoms with Crippen LogP contribution in [0.2, 0.25) is 5.15 Å². The average Bonchev–Trinajstić information content (AvgIpc) is 2.34. The molecule has 1 heterocycles. The maximum absolute atomic E-state index is 6.00. The van der Waals surface area contributed by atoms with E-state index in [9.17, 15) is 0 Å². The molecular weight excluding hydrogens is 305 g/mol. The van der Waals surface area contributed by atoms with Crippen LogP contribution < -0.4 is 10.5 Å². The number of benzene rings is 1. The van der Waals surface area contributed by atoms with Crippen LogP contribution in [0.5, 0.6) is 5.75 Å². The summed E-state index contributed by atoms with van der Waals surface area (Å²) in [6.07, 6.45) is 0. The first kappa shape index (κ1) is 12.1. The first-order valence-electron chi connectivity index (χ1n) is 4.74. The Bertz CT molecular complexity index is 545. The minimum Gasteiger partial charge on any atom is -0.497 e. The highest BCUT2D eigenvalue weighted by Gasteiger charge is 2.10. The van der Waals surface area contributed by atoms with Crippen molar-refractivity contribution in [3.63, 3.8) is 0 Å². The van der Waals surface area contributed by atoms with Gasteiger partial charge in [-0.1, -0.05) is 11.6 Å². The highest BCUT2D eigenvalue weighted by Crippen LogP contribution is 2.29. The van der Waals surface area contributed by atoms with Crippen molar-refractivity contribution in [2.24, 2.45) is 0 Å². The summed E-state index contributed by atoms with van der Waals surface area (Å²) in [6, 6.07) is 7.38. The molecule has 17 heavy (non-hydrogen) atoms. The van der Waals surface area contributed by atoms with Crippen LogP contribution in [0.25, 0.3) is 11.3 Å². The third kappa shape index (κ3) is 2.50. The number of rotatable bonds is 2. The van der Waals surface area contributed by atoms with E-state index in [-0.39, 0.29) is 11.0 Å². The minimum atomic E-state index is 0.271. The molecule has 4 nitrogen and oxygen atoms in total. The number of hydrogen-bond donors (Lipinski definition) is 1. The van der Waals surface area contributed by atoms with Crippen LogP contribution in [-0.2, 0) is 0 Å². The molecule has 0 spiro atoms. The number of nitrogens with zero attached hydrogens (tertiary/aromatic N) is 2. The van der Waals surface area contributed by atoms with E-state index in [0.717, 1.165) is 11.3 Å². The standard InChI is InChI=1S/C11H9BrClN3O/c1-17-7-4-2-6(3-5-7)8-10(13)16-11(14)9(12)15-8/h2-5H,1H3,(H2,14,16). The fourth-order valence-electron chi connectivity index (χ4n) is 1.34. The molecule has 2 N–H and O–H groups in total. The van der Waals surface area contributed by atoms with Crippen molar-refractivity contribution >= 4 is 33.3 Å². The molecule has 0 bridgehead atoms. The Hall–Kier alpha value is -1.33. The van der Waals surface area contributed by atoms with Gasteiger partial charge in [-0.3, -0.25) is 0 Å². The van der Waals surface area contributed by atoms with Crippen LogP contribution in [0.3, 0.4) is 0 Å². The summed E-state index contributed by atoms with van der Waals surface area (Å²) in [5, 5.41) is 0.274. The third-order valence-corrected chi connectivity index (χ3v) is 3.05. The summed E-state index contributed by atoms with van der Waals surface area (Å²) in [5.41, 5.74) is 7.02. The van der Waals surface area contributed by atoms with Crippen molar-refractivity contribution in [1.29, 1.82) is 0 Å². The molecule has 0 aliphatic heterocycles. The van der Waals surface area contributed by atoms with Gasteiger partial charge in [0.05, 0.1) is 7.11 Å². The Kier molecular flexibility index (Phi) is 3.49. The van der Waals surface area contributed by atoms with Gasteiger partial charge in [0.15, 0.2) is 11.0 Å². The zero-order valence-corrected chi connectivity index (χ0v) is 11.3. The molecule has 2 aromatic rings. The Morgan fingerprint density at radius 3 is 2.47 bits per heavy atom. The van der Waals surface area contributed by atoms with E-state index in [1.54, 1.807) is 7.11 Å². The first-order chi connectivity index (χ1) is 8.11. The van der Waals surface area contributed by atoms with Gasteiger partial charge >= 0.3 is 0 Å². The average molecular weight is 315 g/mol. The lowest BCUT2D eigenvalue weighted by Crippen LogP contribution is -1.97. The number of ether oxygens (including phenoxy) is 1. The van der Waals surface area contributed by atoms with E-state index in [2.05, 4.69) is 25.9 Å². The normalized spacial score (nSPS) is 10.3. The Balaban J connectivity index is 2.48. The van der Waals surface area contributed by atoms with Gasteiger partial charge in [0.2, 0.25) is 0 Å². The molecule has 2 rings (SSSR count). The van der Waals surface area contributed by atoms with Crippen molar-refractivity contribution in [1.82, 2.24) is 9.97 Å². The third-order valence-electron chi connectivity index (χ3n) is 2.20. The molecule has 0 saturated carbocycles. The van der Waals surface area contributed by atoms with Crippen molar-refractivity contribution in [3.05, 3.63) is 34.0 Å². The molecule has 0 aliphatic carbocycles. The minimum absolute atomic E-state index is 0.271. The Morgan fingerprint density at radius 2 is 1.88 bits per heavy atom. The summed E-state index contributed by atoms with van der Waals surface area (Å²) in [7, 11) is 1.61. The van der Waals surface area contributed by atoms with E-state index in [4.69, 9.17) is 22.1 Å². The molecule has 0 fully saturated rings. The maximum Gasteiger partial charge on any atom is 0.158 e. The molecule has 0 atom stereocenters. The molecular formula is C11H9BrClN3O. The molecule has 0 saturated heterocycles. The van der Waals surface area contributed by atoms with E-state index in [1.807, 2.05) is 24.3 Å². The van der Waals surface area contributed by atoms with Crippen molar-refractivity contribution in [2.45, 2.75) is 0 Å². The fourth-order valence-corrected chi connectivity index (χ4v) is 1.85. The molecule has 0 radical (unpaired) electrons. The van der Waals surface area contributed by atoms with E-state index in [0.29, 0.717) is 10.3 Å². The number of aromatic nitrogens is 2. The van der Waals surface area contributed by atoms with E-state index < -0.39 is 0 Å². The Labute approximate surface area is 112 Å². The fraction of sp³-hybridized carbons (Fsp3) is 0.0909. The lowest BCUT2D eigenvalue weighted by molar-refractivity contribution is 0.415. The van der Waals surface area contributed by atoms with E-state index >= 15 is 0 Å². The second-order valence-electron chi connectivity index (χ2n) is 3.27. The van der Waals surface area contributed by atoms with Crippen LogP contribution in [0.1, 0.15) is 0 Å². The van der Waals surface area contributed by atoms with Gasteiger partial charge in [-0.05, 0) is 40.2 Å². The van der Waals surface area contributed by atoms with Gasteiger partial charge in [-0.25, -0.2) is 9.97 Å². The van der Waals surface area contributed by atoms with Gasteiger partial charge in [0, 0.05) is 5.56 Å². The maximum atomic E-state index is 6.00. The van der Waals surface area contributed by atoms with Crippen LogP contribution in [-0.4, -0.2) is 17.1 Å². The summed E-state index contributed by atoms with van der Waals surface area (Å²) < 4.78 is 5.56. The topological polar surface area (TPSA) is 61.0 Å². The zero-order chi connectivity index (χ0) is 12.4. The van der Waals surface area contributed by atoms with Gasteiger partial charge in [-0.15, -0.1) is 0 Å². The predicted octanol–water partition coefficient (Wildman–Crippen LogP) is 3.15. The van der Waals surface area contributed by atoms with E-state index in [1.165, 1.54) is 0 Å². The second-order valence-corrected chi connectivity index (χ2v) is 4.38. The highest BCUT2D eigenvalue weighted by molar-refractivity contribution is 9.10. The molecule has 1 aromatic carbocycles. The summed E-state index contributed by atoms with van der Waals surface area (Å²) in [6.45, 7) is 0. The highest BCUT2D eigenvalue weighted by atomic mass is 79.9. The largest absolute Gasteiger partial charge is 0.497 e. The number of nitrogen functional groups attached to an aromatic ring is 1. The number of halogens is 2. The first-order valence-corrected chi connectivity index (χ1v) is 5.92. The molecule has 0 aliphatic rings. The summed E-state index contributed by atoms with van der Waals surface area (Å²) in [4.78, 5) is 8.25. The molecule has 0 amide bonds. The second kappa shape index (κ2) is 4.89. The SMILES string of the molecule is COc1ccc(-c2nc(Br)c(N)nc2Cl)cc1. The molecule has 88 valence electrons. The number of nitrogens with two attached hydrogens (primary N) is 1. The molecule has 0 unspecified atom stereocenters. The summed E-state index contributed by atoms with van der Waals surface area (Å²) >= 11 is 9.23. The van der Waals surface area contributed by atoms with Crippen LogP contribution in [0.15, 0.2) is 28.9 Å². The lowest BCUT2D eigenvalue weighted by atomic mass is 10.1. The van der Waals surface area contributed by atoms with Gasteiger partial charge in [0.1, 0.15) is 16.0 Å². The van der Waals surface area contributed by atoms with Crippen LogP contribution >= 0.6 is 27.5 Å². The summed E-state index contributed by atoms with van der Waals surface area (Å²) in [5.74, 6) is 1.04. The van der Waals surface area contributed by atoms with Gasteiger partial charge in [0.25, 0.3) is 0 Å². The monoisotopic (exact) mass is 313 g/mol. The lowest BCUT2D eigenvalue weighted by Gasteiger charge is -2.06.